The number of hydrogen-bond acceptors (Lipinski definition) is 3. The van der Waals surface area contributed by atoms with Crippen LogP contribution in [0.4, 0.5) is 0 Å². The SMILES string of the molecule is Cl.c1ccc(OC2CNC2)nc1. The van der Waals surface area contributed by atoms with Gasteiger partial charge in [0.15, 0.2) is 0 Å². The summed E-state index contributed by atoms with van der Waals surface area (Å²) in [4.78, 5) is 4.05. The van der Waals surface area contributed by atoms with E-state index < -0.39 is 0 Å². The Balaban J connectivity index is 0.000000720. The van der Waals surface area contributed by atoms with E-state index in [4.69, 9.17) is 4.74 Å². The molecule has 12 heavy (non-hydrogen) atoms. The molecule has 0 spiro atoms. The van der Waals surface area contributed by atoms with E-state index >= 15 is 0 Å². The highest BCUT2D eigenvalue weighted by molar-refractivity contribution is 5.85. The lowest BCUT2D eigenvalue weighted by Crippen LogP contribution is -2.50. The Hall–Kier alpha value is -0.800. The Kier molecular flexibility index (Phi) is 3.31. The molecular formula is C8H11ClN2O. The number of nitrogens with one attached hydrogen (secondary N) is 1. The zero-order valence-electron chi connectivity index (χ0n) is 6.56. The summed E-state index contributed by atoms with van der Waals surface area (Å²) < 4.78 is 5.48. The van der Waals surface area contributed by atoms with E-state index in [0.717, 1.165) is 19.0 Å². The molecule has 0 amide bonds. The average molecular weight is 187 g/mol. The molecule has 1 aliphatic rings. The summed E-state index contributed by atoms with van der Waals surface area (Å²) in [5, 5.41) is 3.13. The fourth-order valence-electron chi connectivity index (χ4n) is 0.933. The molecule has 0 radical (unpaired) electrons. The quantitative estimate of drug-likeness (QED) is 0.744. The third-order valence-corrected chi connectivity index (χ3v) is 1.67. The molecule has 0 aliphatic carbocycles. The maximum absolute atomic E-state index is 5.48. The van der Waals surface area contributed by atoms with E-state index in [2.05, 4.69) is 10.3 Å². The number of ether oxygens (including phenoxy) is 1. The average Bonchev–Trinajstić information content (AvgIpc) is 1.99. The predicted octanol–water partition coefficient (Wildman–Crippen LogP) is 0.854. The smallest absolute Gasteiger partial charge is 0.213 e. The van der Waals surface area contributed by atoms with Crippen molar-refractivity contribution < 1.29 is 4.74 Å². The number of nitrogens with zero attached hydrogens (tertiary/aromatic N) is 1. The highest BCUT2D eigenvalue weighted by Crippen LogP contribution is 2.08. The minimum Gasteiger partial charge on any atom is -0.472 e. The van der Waals surface area contributed by atoms with Crippen molar-refractivity contribution in [1.29, 1.82) is 0 Å². The van der Waals surface area contributed by atoms with Crippen molar-refractivity contribution in [1.82, 2.24) is 10.3 Å². The van der Waals surface area contributed by atoms with Gasteiger partial charge in [-0.1, -0.05) is 6.07 Å². The minimum atomic E-state index is 0. The Morgan fingerprint density at radius 1 is 1.42 bits per heavy atom. The summed E-state index contributed by atoms with van der Waals surface area (Å²) in [6, 6.07) is 5.68. The van der Waals surface area contributed by atoms with E-state index in [1.807, 2.05) is 18.2 Å². The lowest BCUT2D eigenvalue weighted by molar-refractivity contribution is 0.136. The summed E-state index contributed by atoms with van der Waals surface area (Å²) in [5.41, 5.74) is 0. The third kappa shape index (κ3) is 2.09. The van der Waals surface area contributed by atoms with Crippen molar-refractivity contribution in [3.8, 4) is 5.88 Å². The second-order valence-electron chi connectivity index (χ2n) is 2.57. The van der Waals surface area contributed by atoms with Gasteiger partial charge in [-0.15, -0.1) is 12.4 Å². The van der Waals surface area contributed by atoms with Gasteiger partial charge in [-0.2, -0.15) is 0 Å². The van der Waals surface area contributed by atoms with Crippen molar-refractivity contribution in [2.45, 2.75) is 6.10 Å². The number of rotatable bonds is 2. The fourth-order valence-corrected chi connectivity index (χ4v) is 0.933. The van der Waals surface area contributed by atoms with Gasteiger partial charge in [-0.25, -0.2) is 4.98 Å². The molecule has 0 saturated carbocycles. The monoisotopic (exact) mass is 186 g/mol. The second kappa shape index (κ2) is 4.28. The molecule has 2 rings (SSSR count). The van der Waals surface area contributed by atoms with Crippen LogP contribution in [0.5, 0.6) is 5.88 Å². The van der Waals surface area contributed by atoms with Gasteiger partial charge in [0.05, 0.1) is 0 Å². The molecule has 1 N–H and O–H groups in total. The van der Waals surface area contributed by atoms with Gasteiger partial charge in [0.2, 0.25) is 5.88 Å². The summed E-state index contributed by atoms with van der Waals surface area (Å²) in [6.07, 6.45) is 2.06. The standard InChI is InChI=1S/C8H10N2O.ClH/c1-2-4-10-8(3-1)11-7-5-9-6-7;/h1-4,7,9H,5-6H2;1H. The zero-order valence-corrected chi connectivity index (χ0v) is 7.38. The first-order valence-electron chi connectivity index (χ1n) is 3.73. The molecule has 0 unspecified atom stereocenters. The Bertz CT molecular complexity index is 226. The van der Waals surface area contributed by atoms with Crippen LogP contribution in [0, 0.1) is 0 Å². The molecule has 4 heteroatoms. The summed E-state index contributed by atoms with van der Waals surface area (Å²) in [6.45, 7) is 1.88. The number of halogens is 1. The van der Waals surface area contributed by atoms with Crippen LogP contribution in [0.2, 0.25) is 0 Å². The summed E-state index contributed by atoms with van der Waals surface area (Å²) in [7, 11) is 0. The van der Waals surface area contributed by atoms with E-state index in [1.165, 1.54) is 0 Å². The van der Waals surface area contributed by atoms with Crippen LogP contribution in [0.15, 0.2) is 24.4 Å². The van der Waals surface area contributed by atoms with Gasteiger partial charge < -0.3 is 10.1 Å². The largest absolute Gasteiger partial charge is 0.472 e. The Labute approximate surface area is 77.6 Å². The van der Waals surface area contributed by atoms with Crippen LogP contribution >= 0.6 is 12.4 Å². The number of pyridine rings is 1. The van der Waals surface area contributed by atoms with E-state index in [0.29, 0.717) is 6.10 Å². The normalized spacial score (nSPS) is 16.0. The first kappa shape index (κ1) is 9.29. The molecule has 1 aromatic heterocycles. The molecule has 1 aliphatic heterocycles. The number of aromatic nitrogens is 1. The lowest BCUT2D eigenvalue weighted by atomic mass is 10.2. The molecule has 0 atom stereocenters. The topological polar surface area (TPSA) is 34.1 Å². The van der Waals surface area contributed by atoms with E-state index in [1.54, 1.807) is 6.20 Å². The first-order chi connectivity index (χ1) is 5.45. The van der Waals surface area contributed by atoms with Gasteiger partial charge in [-0.05, 0) is 6.07 Å². The fraction of sp³-hybridized carbons (Fsp3) is 0.375. The lowest BCUT2D eigenvalue weighted by Gasteiger charge is -2.26. The minimum absolute atomic E-state index is 0. The van der Waals surface area contributed by atoms with E-state index in [9.17, 15) is 0 Å². The molecule has 1 aromatic rings. The first-order valence-corrected chi connectivity index (χ1v) is 3.73. The maximum atomic E-state index is 5.48. The van der Waals surface area contributed by atoms with Crippen LogP contribution < -0.4 is 10.1 Å². The van der Waals surface area contributed by atoms with Crippen LogP contribution in [0.1, 0.15) is 0 Å². The molecule has 3 nitrogen and oxygen atoms in total. The van der Waals surface area contributed by atoms with Gasteiger partial charge >= 0.3 is 0 Å². The number of hydrogen-bond donors (Lipinski definition) is 1. The predicted molar refractivity (Wildman–Crippen MR) is 48.8 cm³/mol. The molecule has 0 bridgehead atoms. The van der Waals surface area contributed by atoms with Crippen LogP contribution in [-0.2, 0) is 0 Å². The van der Waals surface area contributed by atoms with Gasteiger partial charge in [-0.3, -0.25) is 0 Å². The van der Waals surface area contributed by atoms with Gasteiger partial charge in [0.1, 0.15) is 6.10 Å². The van der Waals surface area contributed by atoms with Crippen molar-refractivity contribution >= 4 is 12.4 Å². The van der Waals surface area contributed by atoms with Crippen molar-refractivity contribution in [3.05, 3.63) is 24.4 Å². The molecule has 66 valence electrons. The zero-order chi connectivity index (χ0) is 7.52. The molecule has 1 fully saturated rings. The Morgan fingerprint density at radius 2 is 2.25 bits per heavy atom. The molecule has 1 saturated heterocycles. The van der Waals surface area contributed by atoms with Crippen molar-refractivity contribution in [2.24, 2.45) is 0 Å². The highest BCUT2D eigenvalue weighted by Gasteiger charge is 2.18. The van der Waals surface area contributed by atoms with Crippen molar-refractivity contribution in [3.63, 3.8) is 0 Å². The summed E-state index contributed by atoms with van der Waals surface area (Å²) >= 11 is 0. The van der Waals surface area contributed by atoms with Crippen LogP contribution in [0.25, 0.3) is 0 Å². The highest BCUT2D eigenvalue weighted by atomic mass is 35.5. The van der Waals surface area contributed by atoms with Gasteiger partial charge in [0.25, 0.3) is 0 Å². The van der Waals surface area contributed by atoms with Crippen LogP contribution in [-0.4, -0.2) is 24.2 Å². The third-order valence-electron chi connectivity index (χ3n) is 1.67. The molecular weight excluding hydrogens is 176 g/mol. The van der Waals surface area contributed by atoms with Crippen molar-refractivity contribution in [2.75, 3.05) is 13.1 Å². The Morgan fingerprint density at radius 3 is 2.75 bits per heavy atom. The summed E-state index contributed by atoms with van der Waals surface area (Å²) in [5.74, 6) is 0.721. The van der Waals surface area contributed by atoms with E-state index in [-0.39, 0.29) is 12.4 Å². The molecule has 0 aromatic carbocycles. The van der Waals surface area contributed by atoms with Crippen LogP contribution in [0.3, 0.4) is 0 Å². The maximum Gasteiger partial charge on any atom is 0.213 e. The van der Waals surface area contributed by atoms with Gasteiger partial charge in [0, 0.05) is 25.4 Å². The second-order valence-corrected chi connectivity index (χ2v) is 2.57. The molecule has 2 heterocycles.